The third-order valence-electron chi connectivity index (χ3n) is 7.05. The van der Waals surface area contributed by atoms with Gasteiger partial charge in [0.2, 0.25) is 0 Å². The number of hydrogen-bond donors (Lipinski definition) is 0. The van der Waals surface area contributed by atoms with E-state index in [9.17, 15) is 4.79 Å². The Hall–Kier alpha value is -0.530. The van der Waals surface area contributed by atoms with Crippen molar-refractivity contribution in [2.75, 3.05) is 0 Å². The van der Waals surface area contributed by atoms with Crippen molar-refractivity contribution < 1.29 is 9.53 Å². The minimum Gasteiger partial charge on any atom is -0.462 e. The summed E-state index contributed by atoms with van der Waals surface area (Å²) in [5.74, 6) is 4.84. The van der Waals surface area contributed by atoms with Crippen LogP contribution in [0, 0.1) is 29.6 Å². The molecule has 3 fully saturated rings. The van der Waals surface area contributed by atoms with E-state index >= 15 is 0 Å². The van der Waals surface area contributed by atoms with Gasteiger partial charge in [-0.2, -0.15) is 0 Å². The van der Waals surface area contributed by atoms with Crippen molar-refractivity contribution in [3.05, 3.63) is 0 Å². The van der Waals surface area contributed by atoms with Crippen LogP contribution in [-0.2, 0) is 9.53 Å². The van der Waals surface area contributed by atoms with E-state index in [1.165, 1.54) is 51.4 Å². The molecule has 132 valence electrons. The molecule has 0 radical (unpaired) electrons. The Morgan fingerprint density at radius 2 is 1.57 bits per heavy atom. The molecule has 0 aromatic carbocycles. The van der Waals surface area contributed by atoms with Crippen molar-refractivity contribution in [1.29, 1.82) is 0 Å². The summed E-state index contributed by atoms with van der Waals surface area (Å²) in [5, 5.41) is 0. The highest BCUT2D eigenvalue weighted by molar-refractivity contribution is 5.69. The molecule has 4 unspecified atom stereocenters. The first kappa shape index (κ1) is 17.3. The molecule has 0 N–H and O–H groups in total. The Bertz CT molecular complexity index is 391. The zero-order valence-corrected chi connectivity index (χ0v) is 15.3. The van der Waals surface area contributed by atoms with Crippen molar-refractivity contribution in [2.24, 2.45) is 29.6 Å². The van der Waals surface area contributed by atoms with Crippen LogP contribution in [0.1, 0.15) is 90.9 Å². The molecular formula is C21H36O2. The van der Waals surface area contributed by atoms with Crippen molar-refractivity contribution in [3.8, 4) is 0 Å². The van der Waals surface area contributed by atoms with E-state index in [-0.39, 0.29) is 12.1 Å². The van der Waals surface area contributed by atoms with Crippen LogP contribution in [0.15, 0.2) is 0 Å². The van der Waals surface area contributed by atoms with Gasteiger partial charge < -0.3 is 4.74 Å². The highest BCUT2D eigenvalue weighted by Crippen LogP contribution is 2.53. The lowest BCUT2D eigenvalue weighted by molar-refractivity contribution is -0.153. The fourth-order valence-corrected chi connectivity index (χ4v) is 6.07. The molecule has 0 heterocycles. The topological polar surface area (TPSA) is 26.3 Å². The third kappa shape index (κ3) is 4.12. The molecule has 0 spiro atoms. The van der Waals surface area contributed by atoms with Crippen LogP contribution >= 0.6 is 0 Å². The van der Waals surface area contributed by atoms with Gasteiger partial charge in [-0.15, -0.1) is 0 Å². The molecule has 3 rings (SSSR count). The lowest BCUT2D eigenvalue weighted by Crippen LogP contribution is -2.43. The maximum Gasteiger partial charge on any atom is 0.306 e. The number of fused-ring (bicyclic) bond motifs is 3. The summed E-state index contributed by atoms with van der Waals surface area (Å²) in [7, 11) is 0. The van der Waals surface area contributed by atoms with Crippen LogP contribution < -0.4 is 0 Å². The van der Waals surface area contributed by atoms with Crippen LogP contribution in [0.2, 0.25) is 0 Å². The predicted molar refractivity (Wildman–Crippen MR) is 94.1 cm³/mol. The van der Waals surface area contributed by atoms with Crippen LogP contribution in [0.3, 0.4) is 0 Å². The first-order valence-electron chi connectivity index (χ1n) is 10.4. The van der Waals surface area contributed by atoms with Crippen molar-refractivity contribution >= 4 is 5.97 Å². The molecule has 0 bridgehead atoms. The monoisotopic (exact) mass is 320 g/mol. The van der Waals surface area contributed by atoms with Gasteiger partial charge in [-0.05, 0) is 81.0 Å². The van der Waals surface area contributed by atoms with E-state index in [1.54, 1.807) is 0 Å². The number of carbonyl (C=O) groups is 1. The SMILES string of the molecule is CCCC(=O)O[C@H]1CCC2C(CCC3C[C@@H](CCC)CCC32)C1. The molecule has 3 aliphatic rings. The van der Waals surface area contributed by atoms with Crippen molar-refractivity contribution in [3.63, 3.8) is 0 Å². The number of carbonyl (C=O) groups excluding carboxylic acids is 1. The largest absolute Gasteiger partial charge is 0.462 e. The van der Waals surface area contributed by atoms with Gasteiger partial charge in [0.15, 0.2) is 0 Å². The Labute approximate surface area is 142 Å². The Morgan fingerprint density at radius 3 is 2.26 bits per heavy atom. The molecule has 3 saturated carbocycles. The summed E-state index contributed by atoms with van der Waals surface area (Å²) in [6.45, 7) is 4.39. The second-order valence-corrected chi connectivity index (χ2v) is 8.57. The minimum absolute atomic E-state index is 0.0321. The van der Waals surface area contributed by atoms with Gasteiger partial charge in [-0.1, -0.05) is 33.1 Å². The molecule has 2 heteroatoms. The number of hydrogen-bond acceptors (Lipinski definition) is 2. The molecule has 0 aromatic heterocycles. The second-order valence-electron chi connectivity index (χ2n) is 8.57. The standard InChI is InChI=1S/C21H36O2/c1-3-5-15-7-11-19-16(13-15)8-9-17-14-18(10-12-20(17)19)23-21(22)6-4-2/h15-20H,3-14H2,1-2H3/t15-,16?,17?,18-,19?,20?/m0/s1. The third-order valence-corrected chi connectivity index (χ3v) is 7.05. The minimum atomic E-state index is 0.0321. The van der Waals surface area contributed by atoms with Gasteiger partial charge in [-0.3, -0.25) is 4.79 Å². The van der Waals surface area contributed by atoms with Gasteiger partial charge in [0.25, 0.3) is 0 Å². The van der Waals surface area contributed by atoms with E-state index in [4.69, 9.17) is 4.74 Å². The molecular weight excluding hydrogens is 284 g/mol. The first-order chi connectivity index (χ1) is 11.2. The number of rotatable bonds is 5. The van der Waals surface area contributed by atoms with E-state index in [2.05, 4.69) is 6.92 Å². The maximum atomic E-state index is 11.8. The highest BCUT2D eigenvalue weighted by Gasteiger charge is 2.44. The van der Waals surface area contributed by atoms with Gasteiger partial charge in [0, 0.05) is 6.42 Å². The molecule has 6 atom stereocenters. The highest BCUT2D eigenvalue weighted by atomic mass is 16.5. The Kier molecular flexibility index (Phi) is 6.04. The number of esters is 1. The first-order valence-corrected chi connectivity index (χ1v) is 10.4. The Morgan fingerprint density at radius 1 is 0.870 bits per heavy atom. The summed E-state index contributed by atoms with van der Waals surface area (Å²) < 4.78 is 5.73. The second kappa shape index (κ2) is 8.03. The summed E-state index contributed by atoms with van der Waals surface area (Å²) >= 11 is 0. The van der Waals surface area contributed by atoms with Crippen molar-refractivity contribution in [1.82, 2.24) is 0 Å². The van der Waals surface area contributed by atoms with Gasteiger partial charge in [0.05, 0.1) is 0 Å². The normalized spacial score (nSPS) is 40.1. The van der Waals surface area contributed by atoms with Gasteiger partial charge in [-0.25, -0.2) is 0 Å². The van der Waals surface area contributed by atoms with Crippen LogP contribution in [-0.4, -0.2) is 12.1 Å². The lowest BCUT2D eigenvalue weighted by Gasteiger charge is -2.50. The average Bonchev–Trinajstić information content (AvgIpc) is 2.55. The van der Waals surface area contributed by atoms with Crippen LogP contribution in [0.5, 0.6) is 0 Å². The molecule has 0 aromatic rings. The van der Waals surface area contributed by atoms with E-state index in [0.29, 0.717) is 6.42 Å². The summed E-state index contributed by atoms with van der Waals surface area (Å²) in [6, 6.07) is 0. The molecule has 0 aliphatic heterocycles. The van der Waals surface area contributed by atoms with Crippen LogP contribution in [0.25, 0.3) is 0 Å². The Balaban J connectivity index is 1.52. The molecule has 3 aliphatic carbocycles. The maximum absolute atomic E-state index is 11.8. The smallest absolute Gasteiger partial charge is 0.306 e. The molecule has 0 saturated heterocycles. The average molecular weight is 321 g/mol. The van der Waals surface area contributed by atoms with E-state index in [1.807, 2.05) is 6.92 Å². The number of ether oxygens (including phenoxy) is 1. The fourth-order valence-electron chi connectivity index (χ4n) is 6.07. The van der Waals surface area contributed by atoms with E-state index in [0.717, 1.165) is 48.9 Å². The zero-order chi connectivity index (χ0) is 16.2. The quantitative estimate of drug-likeness (QED) is 0.604. The summed E-state index contributed by atoms with van der Waals surface area (Å²) in [4.78, 5) is 11.8. The summed E-state index contributed by atoms with van der Waals surface area (Å²) in [6.07, 6.45) is 15.4. The molecule has 23 heavy (non-hydrogen) atoms. The fraction of sp³-hybridized carbons (Fsp3) is 0.952. The molecule has 2 nitrogen and oxygen atoms in total. The summed E-state index contributed by atoms with van der Waals surface area (Å²) in [5.41, 5.74) is 0. The molecule has 0 amide bonds. The zero-order valence-electron chi connectivity index (χ0n) is 15.3. The van der Waals surface area contributed by atoms with Gasteiger partial charge >= 0.3 is 5.97 Å². The van der Waals surface area contributed by atoms with E-state index < -0.39 is 0 Å². The lowest BCUT2D eigenvalue weighted by atomic mass is 9.56. The van der Waals surface area contributed by atoms with Crippen molar-refractivity contribution in [2.45, 2.75) is 97.0 Å². The predicted octanol–water partition coefficient (Wildman–Crippen LogP) is 5.74. The van der Waals surface area contributed by atoms with Gasteiger partial charge in [0.1, 0.15) is 6.10 Å². The van der Waals surface area contributed by atoms with Crippen LogP contribution in [0.4, 0.5) is 0 Å².